The van der Waals surface area contributed by atoms with Crippen molar-refractivity contribution in [2.45, 2.75) is 19.4 Å². The van der Waals surface area contributed by atoms with Gasteiger partial charge < -0.3 is 19.5 Å². The van der Waals surface area contributed by atoms with Gasteiger partial charge in [-0.2, -0.15) is 0 Å². The van der Waals surface area contributed by atoms with Gasteiger partial charge in [0.15, 0.2) is 18.1 Å². The summed E-state index contributed by atoms with van der Waals surface area (Å²) in [7, 11) is 1.50. The molecule has 0 radical (unpaired) electrons. The van der Waals surface area contributed by atoms with E-state index in [0.29, 0.717) is 22.7 Å². The molecule has 2 aliphatic heterocycles. The molecule has 1 saturated heterocycles. The third-order valence-electron chi connectivity index (χ3n) is 4.18. The predicted molar refractivity (Wildman–Crippen MR) is 82.6 cm³/mol. The average molecular weight is 320 g/mol. The van der Waals surface area contributed by atoms with Crippen LogP contribution in [0.5, 0.6) is 11.5 Å². The summed E-state index contributed by atoms with van der Waals surface area (Å²) in [6.45, 7) is 1.14. The third-order valence-corrected chi connectivity index (χ3v) is 4.18. The number of anilines is 1. The van der Waals surface area contributed by atoms with Crippen LogP contribution in [0, 0.1) is 0 Å². The molecule has 0 saturated carbocycles. The van der Waals surface area contributed by atoms with E-state index in [4.69, 9.17) is 9.47 Å². The Morgan fingerprint density at radius 3 is 2.74 bits per heavy atom. The van der Waals surface area contributed by atoms with E-state index in [-0.39, 0.29) is 31.6 Å². The highest BCUT2D eigenvalue weighted by Crippen LogP contribution is 2.41. The fourth-order valence-corrected chi connectivity index (χ4v) is 2.95. The van der Waals surface area contributed by atoms with Gasteiger partial charge in [-0.1, -0.05) is 0 Å². The van der Waals surface area contributed by atoms with Gasteiger partial charge in [0.1, 0.15) is 6.54 Å². The first-order chi connectivity index (χ1) is 11.1. The van der Waals surface area contributed by atoms with Gasteiger partial charge in [0.05, 0.1) is 19.4 Å². The number of hydrogen-bond donors (Lipinski definition) is 1. The number of amides is 2. The van der Waals surface area contributed by atoms with E-state index in [1.54, 1.807) is 17.0 Å². The molecule has 2 heterocycles. The summed E-state index contributed by atoms with van der Waals surface area (Å²) < 4.78 is 10.7. The maximum atomic E-state index is 12.4. The zero-order valence-corrected chi connectivity index (χ0v) is 13.1. The molecule has 2 aliphatic rings. The largest absolute Gasteiger partial charge is 0.493 e. The summed E-state index contributed by atoms with van der Waals surface area (Å²) in [6, 6.07) is 3.32. The summed E-state index contributed by atoms with van der Waals surface area (Å²) in [5.74, 6) is 0.524. The van der Waals surface area contributed by atoms with Gasteiger partial charge in [-0.25, -0.2) is 0 Å². The van der Waals surface area contributed by atoms with Crippen LogP contribution in [0.4, 0.5) is 5.69 Å². The number of carbonyl (C=O) groups is 2. The van der Waals surface area contributed by atoms with Crippen LogP contribution in [0.3, 0.4) is 0 Å². The Bertz CT molecular complexity index is 625. The Kier molecular flexibility index (Phi) is 4.38. The van der Waals surface area contributed by atoms with Gasteiger partial charge in [0, 0.05) is 13.1 Å². The maximum Gasteiger partial charge on any atom is 0.265 e. The Balaban J connectivity index is 1.92. The molecule has 0 aliphatic carbocycles. The van der Waals surface area contributed by atoms with E-state index in [9.17, 15) is 14.7 Å². The van der Waals surface area contributed by atoms with E-state index < -0.39 is 0 Å². The van der Waals surface area contributed by atoms with Crippen LogP contribution in [0.2, 0.25) is 0 Å². The number of rotatable bonds is 4. The van der Waals surface area contributed by atoms with E-state index in [1.807, 2.05) is 0 Å². The summed E-state index contributed by atoms with van der Waals surface area (Å²) in [5.41, 5.74) is 1.06. The average Bonchev–Trinajstić information content (AvgIpc) is 3.10. The van der Waals surface area contributed by atoms with E-state index >= 15 is 0 Å². The van der Waals surface area contributed by atoms with Crippen molar-refractivity contribution in [3.63, 3.8) is 0 Å². The van der Waals surface area contributed by atoms with Crippen LogP contribution in [0.1, 0.15) is 18.4 Å². The van der Waals surface area contributed by atoms with Crippen LogP contribution in [0.25, 0.3) is 0 Å². The lowest BCUT2D eigenvalue weighted by Gasteiger charge is -2.31. The number of methoxy groups -OCH3 is 1. The lowest BCUT2D eigenvalue weighted by atomic mass is 10.1. The van der Waals surface area contributed by atoms with Gasteiger partial charge in [0.2, 0.25) is 5.91 Å². The Morgan fingerprint density at radius 1 is 1.35 bits per heavy atom. The Labute approximate surface area is 134 Å². The number of benzene rings is 1. The molecule has 7 heteroatoms. The van der Waals surface area contributed by atoms with E-state index in [1.165, 1.54) is 12.0 Å². The monoisotopic (exact) mass is 320 g/mol. The standard InChI is InChI=1S/C16H20N2O5/c1-22-13-7-11(9-19)6-12-16(13)23-10-15(21)18(12)8-14(20)17-4-2-3-5-17/h6-7,19H,2-5,8-10H2,1H3. The van der Waals surface area contributed by atoms with Crippen LogP contribution in [-0.2, 0) is 16.2 Å². The molecule has 1 fully saturated rings. The number of ether oxygens (including phenoxy) is 2. The number of aliphatic hydroxyl groups excluding tert-OH is 1. The van der Waals surface area contributed by atoms with Crippen LogP contribution >= 0.6 is 0 Å². The molecule has 23 heavy (non-hydrogen) atoms. The van der Waals surface area contributed by atoms with E-state index in [0.717, 1.165) is 25.9 Å². The van der Waals surface area contributed by atoms with Crippen molar-refractivity contribution < 1.29 is 24.2 Å². The summed E-state index contributed by atoms with van der Waals surface area (Å²) in [6.07, 6.45) is 2.00. The molecule has 0 unspecified atom stereocenters. The van der Waals surface area contributed by atoms with Crippen molar-refractivity contribution in [1.29, 1.82) is 0 Å². The van der Waals surface area contributed by atoms with Gasteiger partial charge in [-0.3, -0.25) is 14.5 Å². The molecular formula is C16H20N2O5. The molecule has 0 atom stereocenters. The predicted octanol–water partition coefficient (Wildman–Crippen LogP) is 0.535. The fraction of sp³-hybridized carbons (Fsp3) is 0.500. The van der Waals surface area contributed by atoms with Crippen molar-refractivity contribution in [3.8, 4) is 11.5 Å². The normalized spacial score (nSPS) is 17.0. The quantitative estimate of drug-likeness (QED) is 0.876. The van der Waals surface area contributed by atoms with Crippen LogP contribution < -0.4 is 14.4 Å². The molecule has 7 nitrogen and oxygen atoms in total. The third kappa shape index (κ3) is 2.96. The maximum absolute atomic E-state index is 12.4. The van der Waals surface area contributed by atoms with Gasteiger partial charge in [-0.15, -0.1) is 0 Å². The molecule has 1 N–H and O–H groups in total. The first-order valence-electron chi connectivity index (χ1n) is 7.66. The highest BCUT2D eigenvalue weighted by molar-refractivity contribution is 6.02. The molecular weight excluding hydrogens is 300 g/mol. The van der Waals surface area contributed by atoms with Crippen LogP contribution in [0.15, 0.2) is 12.1 Å². The van der Waals surface area contributed by atoms with Crippen molar-refractivity contribution in [2.24, 2.45) is 0 Å². The summed E-state index contributed by atoms with van der Waals surface area (Å²) in [5, 5.41) is 9.39. The van der Waals surface area contributed by atoms with Gasteiger partial charge in [-0.05, 0) is 30.5 Å². The first kappa shape index (κ1) is 15.6. The number of likely N-dealkylation sites (tertiary alicyclic amines) is 1. The second kappa shape index (κ2) is 6.45. The molecule has 124 valence electrons. The highest BCUT2D eigenvalue weighted by atomic mass is 16.5. The minimum Gasteiger partial charge on any atom is -0.493 e. The van der Waals surface area contributed by atoms with Crippen LogP contribution in [-0.4, -0.2) is 55.2 Å². The molecule has 0 bridgehead atoms. The molecule has 1 aromatic carbocycles. The molecule has 1 aromatic rings. The zero-order valence-electron chi connectivity index (χ0n) is 13.1. The lowest BCUT2D eigenvalue weighted by molar-refractivity contribution is -0.131. The van der Waals surface area contributed by atoms with Crippen molar-refractivity contribution >= 4 is 17.5 Å². The number of fused-ring (bicyclic) bond motifs is 1. The number of carbonyl (C=O) groups excluding carboxylic acids is 2. The number of hydrogen-bond acceptors (Lipinski definition) is 5. The Hall–Kier alpha value is -2.28. The van der Waals surface area contributed by atoms with E-state index in [2.05, 4.69) is 0 Å². The van der Waals surface area contributed by atoms with Gasteiger partial charge in [0.25, 0.3) is 5.91 Å². The minimum absolute atomic E-state index is 0.0206. The summed E-state index contributed by atoms with van der Waals surface area (Å²) >= 11 is 0. The molecule has 3 rings (SSSR count). The van der Waals surface area contributed by atoms with Crippen molar-refractivity contribution in [1.82, 2.24) is 4.90 Å². The summed E-state index contributed by atoms with van der Waals surface area (Å²) in [4.78, 5) is 27.8. The second-order valence-corrected chi connectivity index (χ2v) is 5.66. The van der Waals surface area contributed by atoms with Gasteiger partial charge >= 0.3 is 0 Å². The smallest absolute Gasteiger partial charge is 0.265 e. The number of nitrogens with zero attached hydrogens (tertiary/aromatic N) is 2. The lowest BCUT2D eigenvalue weighted by Crippen LogP contribution is -2.46. The first-order valence-corrected chi connectivity index (χ1v) is 7.66. The molecule has 0 aromatic heterocycles. The zero-order chi connectivity index (χ0) is 16.4. The second-order valence-electron chi connectivity index (χ2n) is 5.66. The Morgan fingerprint density at radius 2 is 2.09 bits per heavy atom. The van der Waals surface area contributed by atoms with Crippen molar-refractivity contribution in [2.75, 3.05) is 38.3 Å². The SMILES string of the molecule is COc1cc(CO)cc2c1OCC(=O)N2CC(=O)N1CCCC1. The van der Waals surface area contributed by atoms with Crippen molar-refractivity contribution in [3.05, 3.63) is 17.7 Å². The number of aliphatic hydroxyl groups is 1. The minimum atomic E-state index is -0.276. The molecule has 0 spiro atoms. The topological polar surface area (TPSA) is 79.3 Å². The highest BCUT2D eigenvalue weighted by Gasteiger charge is 2.32. The fourth-order valence-electron chi connectivity index (χ4n) is 2.95. The molecule has 2 amide bonds.